The molecule has 10 nitrogen and oxygen atoms in total. The maximum Gasteiger partial charge on any atom is 0.411 e. The summed E-state index contributed by atoms with van der Waals surface area (Å²) in [7, 11) is 1.39. The Labute approximate surface area is 226 Å². The molecule has 2 aliphatic rings. The number of benzene rings is 3. The van der Waals surface area contributed by atoms with Gasteiger partial charge in [0.2, 0.25) is 11.8 Å². The number of anilines is 1. The van der Waals surface area contributed by atoms with Gasteiger partial charge in [-0.3, -0.25) is 25.0 Å². The van der Waals surface area contributed by atoms with E-state index < -0.39 is 35.6 Å². The molecule has 0 bridgehead atoms. The molecule has 1 saturated heterocycles. The molecular weight excluding hydrogens is 528 g/mol. The van der Waals surface area contributed by atoms with Crippen LogP contribution in [0.2, 0.25) is 0 Å². The van der Waals surface area contributed by atoms with Gasteiger partial charge >= 0.3 is 6.09 Å². The molecule has 1 fully saturated rings. The monoisotopic (exact) mass is 551 g/mol. The second-order valence-electron chi connectivity index (χ2n) is 9.10. The van der Waals surface area contributed by atoms with Crippen LogP contribution in [-0.4, -0.2) is 41.9 Å². The van der Waals surface area contributed by atoms with E-state index in [-0.39, 0.29) is 49.0 Å². The van der Waals surface area contributed by atoms with Gasteiger partial charge in [0, 0.05) is 30.3 Å². The minimum Gasteiger partial charge on any atom is -0.495 e. The summed E-state index contributed by atoms with van der Waals surface area (Å²) in [5.74, 6) is -2.61. The summed E-state index contributed by atoms with van der Waals surface area (Å²) in [6.45, 7) is -0.0143. The fraction of sp³-hybridized carbons (Fsp3) is 0.214. The van der Waals surface area contributed by atoms with Gasteiger partial charge in [-0.25, -0.2) is 13.6 Å². The highest BCUT2D eigenvalue weighted by molar-refractivity contribution is 6.06. The van der Waals surface area contributed by atoms with Crippen LogP contribution in [0.1, 0.15) is 34.3 Å². The molecule has 0 spiro atoms. The van der Waals surface area contributed by atoms with Crippen molar-refractivity contribution >= 4 is 29.5 Å². The van der Waals surface area contributed by atoms with Crippen molar-refractivity contribution in [1.29, 1.82) is 0 Å². The van der Waals surface area contributed by atoms with Crippen molar-refractivity contribution in [3.63, 3.8) is 0 Å². The molecule has 2 aliphatic heterocycles. The van der Waals surface area contributed by atoms with E-state index in [1.54, 1.807) is 12.1 Å². The summed E-state index contributed by atoms with van der Waals surface area (Å²) in [6.07, 6.45) is -0.389. The Morgan fingerprint density at radius 3 is 2.48 bits per heavy atom. The van der Waals surface area contributed by atoms with E-state index in [9.17, 15) is 28.0 Å². The van der Waals surface area contributed by atoms with E-state index in [1.807, 2.05) is 0 Å². The highest BCUT2D eigenvalue weighted by Crippen LogP contribution is 2.36. The normalized spacial score (nSPS) is 16.3. The number of nitrogens with zero attached hydrogens (tertiary/aromatic N) is 1. The van der Waals surface area contributed by atoms with Crippen molar-refractivity contribution in [2.75, 3.05) is 12.4 Å². The Bertz CT molecular complexity index is 1510. The van der Waals surface area contributed by atoms with Crippen LogP contribution < -0.4 is 20.1 Å². The van der Waals surface area contributed by atoms with Crippen LogP contribution >= 0.6 is 0 Å². The molecule has 0 unspecified atom stereocenters. The van der Waals surface area contributed by atoms with Crippen molar-refractivity contribution in [3.05, 3.63) is 82.9 Å². The zero-order valence-corrected chi connectivity index (χ0v) is 21.2. The van der Waals surface area contributed by atoms with Crippen LogP contribution in [0.15, 0.2) is 54.6 Å². The number of hydrogen-bond acceptors (Lipinski definition) is 7. The summed E-state index contributed by atoms with van der Waals surface area (Å²) >= 11 is 0. The Morgan fingerprint density at radius 1 is 1.02 bits per heavy atom. The van der Waals surface area contributed by atoms with Crippen LogP contribution in [0.4, 0.5) is 19.3 Å². The zero-order valence-electron chi connectivity index (χ0n) is 21.2. The van der Waals surface area contributed by atoms with Crippen molar-refractivity contribution < 1.29 is 42.2 Å². The lowest BCUT2D eigenvalue weighted by Gasteiger charge is -2.29. The van der Waals surface area contributed by atoms with Gasteiger partial charge in [0.15, 0.2) is 11.6 Å². The number of ether oxygens (including phenoxy) is 3. The predicted molar refractivity (Wildman–Crippen MR) is 136 cm³/mol. The molecule has 0 aromatic heterocycles. The smallest absolute Gasteiger partial charge is 0.411 e. The third kappa shape index (κ3) is 5.41. The number of imide groups is 1. The molecule has 1 atom stereocenters. The molecule has 0 saturated carbocycles. The predicted octanol–water partition coefficient (Wildman–Crippen LogP) is 4.28. The fourth-order valence-corrected chi connectivity index (χ4v) is 4.59. The summed E-state index contributed by atoms with van der Waals surface area (Å²) in [4.78, 5) is 50.9. The average Bonchev–Trinajstić information content (AvgIpc) is 3.26. The second kappa shape index (κ2) is 11.0. The molecule has 0 radical (unpaired) electrons. The molecule has 12 heteroatoms. The number of methoxy groups -OCH3 is 1. The SMILES string of the molecule is COc1c(COC(=O)Nc2ccc(Oc3ccc(F)c(F)c3)cc2)ccc2c1C(=O)N([C@@H]1CCC(=O)NC1=O)C2. The molecule has 0 aliphatic carbocycles. The number of rotatable bonds is 7. The number of amides is 4. The van der Waals surface area contributed by atoms with Gasteiger partial charge < -0.3 is 19.1 Å². The van der Waals surface area contributed by atoms with E-state index in [1.165, 1.54) is 42.3 Å². The topological polar surface area (TPSA) is 123 Å². The maximum atomic E-state index is 13.4. The van der Waals surface area contributed by atoms with Crippen molar-refractivity contribution in [1.82, 2.24) is 10.2 Å². The van der Waals surface area contributed by atoms with E-state index in [0.29, 0.717) is 22.6 Å². The average molecular weight is 552 g/mol. The first-order valence-corrected chi connectivity index (χ1v) is 12.2. The third-order valence-corrected chi connectivity index (χ3v) is 6.52. The Morgan fingerprint density at radius 2 is 1.77 bits per heavy atom. The minimum absolute atomic E-state index is 0.112. The lowest BCUT2D eigenvalue weighted by atomic mass is 10.0. The number of halogens is 2. The van der Waals surface area contributed by atoms with Crippen LogP contribution in [0.5, 0.6) is 17.2 Å². The number of carbonyl (C=O) groups is 4. The highest BCUT2D eigenvalue weighted by Gasteiger charge is 2.41. The van der Waals surface area contributed by atoms with Gasteiger partial charge in [-0.2, -0.15) is 0 Å². The van der Waals surface area contributed by atoms with E-state index in [0.717, 1.165) is 12.1 Å². The molecule has 206 valence electrons. The number of hydrogen-bond donors (Lipinski definition) is 2. The van der Waals surface area contributed by atoms with Gasteiger partial charge in [0.25, 0.3) is 5.91 Å². The first-order chi connectivity index (χ1) is 19.2. The van der Waals surface area contributed by atoms with Crippen LogP contribution in [-0.2, 0) is 27.5 Å². The lowest BCUT2D eigenvalue weighted by Crippen LogP contribution is -2.52. The molecule has 5 rings (SSSR count). The molecule has 2 N–H and O–H groups in total. The zero-order chi connectivity index (χ0) is 28.4. The van der Waals surface area contributed by atoms with Gasteiger partial charge in [-0.05, 0) is 48.4 Å². The molecule has 40 heavy (non-hydrogen) atoms. The molecule has 3 aromatic carbocycles. The molecular formula is C28H23F2N3O7. The first kappa shape index (κ1) is 26.6. The first-order valence-electron chi connectivity index (χ1n) is 12.2. The van der Waals surface area contributed by atoms with Gasteiger partial charge in [0.1, 0.15) is 29.9 Å². The third-order valence-electron chi connectivity index (χ3n) is 6.52. The Hall–Kier alpha value is -5.00. The van der Waals surface area contributed by atoms with Crippen LogP contribution in [0.25, 0.3) is 0 Å². The van der Waals surface area contributed by atoms with E-state index in [2.05, 4.69) is 10.6 Å². The number of piperidine rings is 1. The number of carbonyl (C=O) groups excluding carboxylic acids is 4. The number of nitrogens with one attached hydrogen (secondary N) is 2. The molecule has 3 aromatic rings. The Balaban J connectivity index is 1.20. The lowest BCUT2D eigenvalue weighted by molar-refractivity contribution is -0.136. The van der Waals surface area contributed by atoms with Crippen LogP contribution in [0, 0.1) is 11.6 Å². The van der Waals surface area contributed by atoms with Crippen molar-refractivity contribution in [3.8, 4) is 17.2 Å². The maximum absolute atomic E-state index is 13.4. The summed E-state index contributed by atoms with van der Waals surface area (Å²) < 4.78 is 42.7. The molecule has 2 heterocycles. The largest absolute Gasteiger partial charge is 0.495 e. The minimum atomic E-state index is -1.03. The van der Waals surface area contributed by atoms with Gasteiger partial charge in [-0.15, -0.1) is 0 Å². The highest BCUT2D eigenvalue weighted by atomic mass is 19.2. The quantitative estimate of drug-likeness (QED) is 0.421. The van der Waals surface area contributed by atoms with Gasteiger partial charge in [0.05, 0.1) is 12.7 Å². The van der Waals surface area contributed by atoms with Crippen LogP contribution in [0.3, 0.4) is 0 Å². The van der Waals surface area contributed by atoms with E-state index >= 15 is 0 Å². The second-order valence-corrected chi connectivity index (χ2v) is 9.10. The van der Waals surface area contributed by atoms with Gasteiger partial charge in [-0.1, -0.05) is 12.1 Å². The number of fused-ring (bicyclic) bond motifs is 1. The summed E-state index contributed by atoms with van der Waals surface area (Å²) in [5.41, 5.74) is 1.78. The molecule has 4 amide bonds. The van der Waals surface area contributed by atoms with Crippen molar-refractivity contribution in [2.45, 2.75) is 32.0 Å². The van der Waals surface area contributed by atoms with E-state index in [4.69, 9.17) is 14.2 Å². The Kier molecular flexibility index (Phi) is 7.32. The fourth-order valence-electron chi connectivity index (χ4n) is 4.59. The summed E-state index contributed by atoms with van der Waals surface area (Å²) in [5, 5.41) is 4.83. The standard InChI is InChI=1S/C28H23F2N3O7/c1-38-25-16(3-2-15-13-33(27(36)24(15)25)22-10-11-23(34)32-26(22)35)14-39-28(37)31-17-4-6-18(7-5-17)40-19-8-9-20(29)21(30)12-19/h2-9,12,22H,10-11,13-14H2,1H3,(H,31,37)(H,32,34,35)/t22-/m1/s1. The summed E-state index contributed by atoms with van der Waals surface area (Å²) in [6, 6.07) is 11.9. The van der Waals surface area contributed by atoms with Crippen molar-refractivity contribution in [2.24, 2.45) is 0 Å².